The van der Waals surface area contributed by atoms with Gasteiger partial charge in [-0.05, 0) is 90.9 Å². The van der Waals surface area contributed by atoms with Crippen LogP contribution >= 0.6 is 0 Å². The molecule has 1 radical (unpaired) electrons. The molecule has 0 amide bonds. The van der Waals surface area contributed by atoms with Crippen LogP contribution < -0.4 is 15.6 Å². The van der Waals surface area contributed by atoms with E-state index in [-0.39, 0.29) is 0 Å². The Bertz CT molecular complexity index is 1290. The molecule has 0 saturated heterocycles. The molecule has 0 aromatic heterocycles. The number of allylic oxidation sites excluding steroid dienone is 4. The fourth-order valence-corrected chi connectivity index (χ4v) is 12.2. The summed E-state index contributed by atoms with van der Waals surface area (Å²) in [6.07, 6.45) is 9.56. The molecular weight excluding hydrogens is 557 g/mol. The standard InChI is InChI=1S/C44H61Si/c1-14-16-34-17-15-18-44(34)45(41-22-35(28(2)3)19-36(23-41)29(4)5,42-24-37(30(6)7)20-38(25-42)31(8)9)43-26-39(32(10)11)21-40(27-43)33(12)13/h15,17-33H,14,16H2,1-13H3. The first-order chi connectivity index (χ1) is 21.2. The summed E-state index contributed by atoms with van der Waals surface area (Å²) in [5.74, 6) is 2.78. The summed E-state index contributed by atoms with van der Waals surface area (Å²) in [5, 5.41) is 4.64. The second kappa shape index (κ2) is 14.4. The monoisotopic (exact) mass is 617 g/mol. The summed E-state index contributed by atoms with van der Waals surface area (Å²) in [5.41, 5.74) is 11.9. The van der Waals surface area contributed by atoms with Crippen molar-refractivity contribution in [1.29, 1.82) is 0 Å². The van der Waals surface area contributed by atoms with E-state index in [1.807, 2.05) is 0 Å². The highest BCUT2D eigenvalue weighted by Crippen LogP contribution is 2.37. The number of hydrogen-bond acceptors (Lipinski definition) is 0. The van der Waals surface area contributed by atoms with Crippen LogP contribution in [-0.2, 0) is 0 Å². The average molecular weight is 618 g/mol. The predicted molar refractivity (Wildman–Crippen MR) is 204 cm³/mol. The quantitative estimate of drug-likeness (QED) is 0.140. The first kappa shape index (κ1) is 35.2. The Balaban J connectivity index is 2.33. The van der Waals surface area contributed by atoms with Gasteiger partial charge in [0, 0.05) is 5.54 Å². The van der Waals surface area contributed by atoms with Gasteiger partial charge in [0.25, 0.3) is 0 Å². The van der Waals surface area contributed by atoms with Crippen LogP contribution in [0.5, 0.6) is 0 Å². The fraction of sp³-hybridized carbons (Fsp3) is 0.477. The van der Waals surface area contributed by atoms with Crippen molar-refractivity contribution in [2.24, 2.45) is 0 Å². The minimum absolute atomic E-state index is 0.463. The maximum Gasteiger partial charge on any atom is 0.163 e. The summed E-state index contributed by atoms with van der Waals surface area (Å²) >= 11 is 0. The predicted octanol–water partition coefficient (Wildman–Crippen LogP) is 11.3. The molecule has 45 heavy (non-hydrogen) atoms. The van der Waals surface area contributed by atoms with Crippen LogP contribution in [0.15, 0.2) is 78.4 Å². The molecule has 0 nitrogen and oxygen atoms in total. The molecule has 0 bridgehead atoms. The SMILES string of the molecule is CCCC1=CC=C[C]1[Si](c1cc(C(C)C)cc(C(C)C)c1)(c1cc(C(C)C)cc(C(C)C)c1)c1cc(C(C)C)cc(C(C)C)c1. The van der Waals surface area contributed by atoms with Crippen LogP contribution in [0.2, 0.25) is 0 Å². The molecule has 0 aliphatic heterocycles. The van der Waals surface area contributed by atoms with Crippen LogP contribution in [0.3, 0.4) is 0 Å². The van der Waals surface area contributed by atoms with Gasteiger partial charge in [-0.1, -0.05) is 175 Å². The van der Waals surface area contributed by atoms with Crippen molar-refractivity contribution in [2.45, 2.75) is 138 Å². The molecular formula is C44H61Si. The van der Waals surface area contributed by atoms with Crippen molar-refractivity contribution in [2.75, 3.05) is 0 Å². The zero-order chi connectivity index (χ0) is 33.2. The maximum absolute atomic E-state index is 2.79. The van der Waals surface area contributed by atoms with Crippen molar-refractivity contribution in [3.8, 4) is 0 Å². The van der Waals surface area contributed by atoms with Crippen LogP contribution in [0.1, 0.15) is 172 Å². The van der Waals surface area contributed by atoms with Crippen molar-refractivity contribution in [3.63, 3.8) is 0 Å². The summed E-state index contributed by atoms with van der Waals surface area (Å²) < 4.78 is 0. The number of benzene rings is 3. The van der Waals surface area contributed by atoms with Gasteiger partial charge in [0.05, 0.1) is 0 Å². The van der Waals surface area contributed by atoms with Gasteiger partial charge in [-0.15, -0.1) is 0 Å². The molecule has 0 heterocycles. The van der Waals surface area contributed by atoms with Gasteiger partial charge in [-0.2, -0.15) is 0 Å². The lowest BCUT2D eigenvalue weighted by atomic mass is 9.95. The minimum atomic E-state index is -2.79. The average Bonchev–Trinajstić information content (AvgIpc) is 3.45. The third-order valence-corrected chi connectivity index (χ3v) is 14.8. The largest absolute Gasteiger partial charge is 0.163 e. The summed E-state index contributed by atoms with van der Waals surface area (Å²) in [6.45, 7) is 30.7. The van der Waals surface area contributed by atoms with Gasteiger partial charge >= 0.3 is 0 Å². The van der Waals surface area contributed by atoms with E-state index < -0.39 is 8.07 Å². The first-order valence-corrected chi connectivity index (χ1v) is 19.9. The fourth-order valence-electron chi connectivity index (χ4n) is 6.96. The van der Waals surface area contributed by atoms with Gasteiger partial charge in [0.1, 0.15) is 0 Å². The van der Waals surface area contributed by atoms with E-state index >= 15 is 0 Å². The highest BCUT2D eigenvalue weighted by Gasteiger charge is 2.49. The third-order valence-electron chi connectivity index (χ3n) is 10.1. The van der Waals surface area contributed by atoms with Gasteiger partial charge in [0.15, 0.2) is 8.07 Å². The van der Waals surface area contributed by atoms with E-state index in [0.29, 0.717) is 35.5 Å². The number of rotatable bonds is 12. The lowest BCUT2D eigenvalue weighted by Crippen LogP contribution is -2.71. The summed E-state index contributed by atoms with van der Waals surface area (Å²) in [6, 6.07) is 23.2. The minimum Gasteiger partial charge on any atom is -0.0750 e. The third kappa shape index (κ3) is 7.20. The normalized spacial score (nSPS) is 14.3. The molecule has 3 aromatic rings. The molecule has 1 aliphatic rings. The highest BCUT2D eigenvalue weighted by molar-refractivity contribution is 7.16. The molecule has 0 fully saturated rings. The molecule has 241 valence electrons. The Morgan fingerprint density at radius 3 is 0.978 bits per heavy atom. The van der Waals surface area contributed by atoms with E-state index in [2.05, 4.69) is 163 Å². The van der Waals surface area contributed by atoms with E-state index in [0.717, 1.165) is 12.8 Å². The summed E-state index contributed by atoms with van der Waals surface area (Å²) in [7, 11) is -2.79. The Labute approximate surface area is 278 Å². The van der Waals surface area contributed by atoms with Crippen molar-refractivity contribution < 1.29 is 0 Å². The zero-order valence-electron chi connectivity index (χ0n) is 30.8. The van der Waals surface area contributed by atoms with E-state index in [1.54, 1.807) is 21.1 Å². The molecule has 0 unspecified atom stereocenters. The van der Waals surface area contributed by atoms with Crippen LogP contribution in [-0.4, -0.2) is 8.07 Å². The van der Waals surface area contributed by atoms with Crippen LogP contribution in [0.25, 0.3) is 0 Å². The molecule has 0 atom stereocenters. The van der Waals surface area contributed by atoms with Crippen molar-refractivity contribution in [3.05, 3.63) is 117 Å². The highest BCUT2D eigenvalue weighted by atomic mass is 28.3. The Morgan fingerprint density at radius 2 is 0.733 bits per heavy atom. The van der Waals surface area contributed by atoms with Gasteiger partial charge in [-0.3, -0.25) is 0 Å². The maximum atomic E-state index is 2.62. The lowest BCUT2D eigenvalue weighted by molar-refractivity contribution is 0.834. The van der Waals surface area contributed by atoms with Gasteiger partial charge in [-0.25, -0.2) is 0 Å². The molecule has 0 N–H and O–H groups in total. The smallest absolute Gasteiger partial charge is 0.0750 e. The molecule has 1 heteroatoms. The molecule has 0 saturated carbocycles. The summed E-state index contributed by atoms with van der Waals surface area (Å²) in [4.78, 5) is 0. The molecule has 0 spiro atoms. The second-order valence-corrected chi connectivity index (χ2v) is 19.3. The molecule has 3 aromatic carbocycles. The molecule has 4 rings (SSSR count). The first-order valence-electron chi connectivity index (χ1n) is 17.9. The molecule has 1 aliphatic carbocycles. The van der Waals surface area contributed by atoms with E-state index in [1.165, 1.54) is 39.0 Å². The van der Waals surface area contributed by atoms with Crippen molar-refractivity contribution >= 4 is 23.6 Å². The Kier molecular flexibility index (Phi) is 11.3. The van der Waals surface area contributed by atoms with Crippen molar-refractivity contribution in [1.82, 2.24) is 0 Å². The van der Waals surface area contributed by atoms with Crippen LogP contribution in [0, 0.1) is 5.54 Å². The Morgan fingerprint density at radius 1 is 0.444 bits per heavy atom. The lowest BCUT2D eigenvalue weighted by Gasteiger charge is -2.41. The Hall–Kier alpha value is -2.64. The number of hydrogen-bond donors (Lipinski definition) is 0. The van der Waals surface area contributed by atoms with Crippen LogP contribution in [0.4, 0.5) is 0 Å². The topological polar surface area (TPSA) is 0 Å². The van der Waals surface area contributed by atoms with E-state index in [9.17, 15) is 0 Å². The second-order valence-electron chi connectivity index (χ2n) is 15.6. The van der Waals surface area contributed by atoms with Gasteiger partial charge in [0.2, 0.25) is 0 Å². The zero-order valence-corrected chi connectivity index (χ0v) is 31.8. The van der Waals surface area contributed by atoms with E-state index in [4.69, 9.17) is 0 Å². The van der Waals surface area contributed by atoms with Gasteiger partial charge < -0.3 is 0 Å².